The van der Waals surface area contributed by atoms with Crippen molar-refractivity contribution in [3.05, 3.63) is 0 Å². The van der Waals surface area contributed by atoms with Gasteiger partial charge in [-0.05, 0) is 13.8 Å². The molecule has 122 valence electrons. The highest BCUT2D eigenvalue weighted by Crippen LogP contribution is 2.24. The van der Waals surface area contributed by atoms with Gasteiger partial charge in [0.15, 0.2) is 11.6 Å². The van der Waals surface area contributed by atoms with Gasteiger partial charge in [0.05, 0.1) is 0 Å². The van der Waals surface area contributed by atoms with E-state index in [1.807, 2.05) is 0 Å². The largest absolute Gasteiger partial charge is 0.319 e. The lowest BCUT2D eigenvalue weighted by Crippen LogP contribution is -2.17. The third-order valence-corrected chi connectivity index (χ3v) is 3.69. The van der Waals surface area contributed by atoms with Crippen LogP contribution in [0.3, 0.4) is 0 Å². The van der Waals surface area contributed by atoms with E-state index in [2.05, 4.69) is 23.7 Å². The van der Waals surface area contributed by atoms with E-state index in [0.717, 1.165) is 0 Å². The molecule has 0 heterocycles. The Morgan fingerprint density at radius 3 is 1.59 bits per heavy atom. The smallest absolute Gasteiger partial charge is 0.303 e. The highest BCUT2D eigenvalue weighted by Gasteiger charge is 2.16. The topological polar surface area (TPSA) is 69.7 Å². The van der Waals surface area contributed by atoms with Crippen LogP contribution in [0.2, 0.25) is 0 Å². The van der Waals surface area contributed by atoms with Gasteiger partial charge in [0.25, 0.3) is 0 Å². The Bertz CT molecular complexity index is 472. The van der Waals surface area contributed by atoms with Crippen molar-refractivity contribution < 1.29 is 23.2 Å². The first-order valence-corrected chi connectivity index (χ1v) is 8.29. The lowest BCUT2D eigenvalue weighted by atomic mass is 10.0. The van der Waals surface area contributed by atoms with Crippen LogP contribution in [0.1, 0.15) is 40.5 Å². The minimum absolute atomic E-state index is 0.192. The van der Waals surface area contributed by atoms with Crippen LogP contribution in [0.5, 0.6) is 0 Å². The maximum Gasteiger partial charge on any atom is 0.319 e. The van der Waals surface area contributed by atoms with Gasteiger partial charge in [0.1, 0.15) is 13.2 Å². The number of carbonyl (C=O) groups excluding carboxylic acids is 2. The summed E-state index contributed by atoms with van der Waals surface area (Å²) < 4.78 is 21.2. The van der Waals surface area contributed by atoms with Gasteiger partial charge >= 0.3 is 8.25 Å². The number of hydrogen-bond donors (Lipinski definition) is 0. The van der Waals surface area contributed by atoms with Crippen LogP contribution >= 0.6 is 8.25 Å². The van der Waals surface area contributed by atoms with Gasteiger partial charge in [-0.1, -0.05) is 13.8 Å². The summed E-state index contributed by atoms with van der Waals surface area (Å²) in [7, 11) is -2.85. The van der Waals surface area contributed by atoms with Crippen LogP contribution in [0.4, 0.5) is 0 Å². The SMILES string of the molecule is CC#CC[C@H](C)C(=O)CO[PH](=O)OCC(=O)[C@@H](C)CC#CC. The van der Waals surface area contributed by atoms with Crippen molar-refractivity contribution in [3.8, 4) is 23.7 Å². The van der Waals surface area contributed by atoms with Crippen molar-refractivity contribution >= 4 is 19.8 Å². The van der Waals surface area contributed by atoms with E-state index in [4.69, 9.17) is 9.05 Å². The first-order valence-electron chi connectivity index (χ1n) is 7.06. The molecule has 6 heteroatoms. The zero-order chi connectivity index (χ0) is 17.0. The quantitative estimate of drug-likeness (QED) is 0.456. The van der Waals surface area contributed by atoms with Gasteiger partial charge in [0, 0.05) is 24.7 Å². The molecule has 0 fully saturated rings. The van der Waals surface area contributed by atoms with Gasteiger partial charge < -0.3 is 9.05 Å². The van der Waals surface area contributed by atoms with Crippen molar-refractivity contribution in [1.29, 1.82) is 0 Å². The lowest BCUT2D eigenvalue weighted by Gasteiger charge is -2.09. The number of hydrogen-bond acceptors (Lipinski definition) is 5. The number of rotatable bonds is 10. The number of ketones is 2. The van der Waals surface area contributed by atoms with Crippen LogP contribution in [-0.4, -0.2) is 24.8 Å². The fraction of sp³-hybridized carbons (Fsp3) is 0.625. The van der Waals surface area contributed by atoms with Crippen molar-refractivity contribution in [2.24, 2.45) is 11.8 Å². The first-order chi connectivity index (χ1) is 10.4. The van der Waals surface area contributed by atoms with Gasteiger partial charge in [-0.3, -0.25) is 14.2 Å². The first kappa shape index (κ1) is 20.6. The van der Waals surface area contributed by atoms with Crippen molar-refractivity contribution in [2.45, 2.75) is 40.5 Å². The third kappa shape index (κ3) is 9.53. The molecule has 0 rings (SSSR count). The van der Waals surface area contributed by atoms with Crippen molar-refractivity contribution in [2.75, 3.05) is 13.2 Å². The monoisotopic (exact) mass is 326 g/mol. The Balaban J connectivity index is 4.03. The van der Waals surface area contributed by atoms with Gasteiger partial charge in [-0.25, -0.2) is 0 Å². The van der Waals surface area contributed by atoms with Crippen molar-refractivity contribution in [3.63, 3.8) is 0 Å². The maximum absolute atomic E-state index is 11.7. The molecule has 0 aliphatic rings. The van der Waals surface area contributed by atoms with Gasteiger partial charge in [-0.2, -0.15) is 0 Å². The van der Waals surface area contributed by atoms with E-state index in [0.29, 0.717) is 12.8 Å². The van der Waals surface area contributed by atoms with Crippen LogP contribution in [0.15, 0.2) is 0 Å². The minimum Gasteiger partial charge on any atom is -0.303 e. The number of carbonyl (C=O) groups is 2. The van der Waals surface area contributed by atoms with Gasteiger partial charge in [0.2, 0.25) is 0 Å². The fourth-order valence-electron chi connectivity index (χ4n) is 1.32. The molecule has 0 aromatic carbocycles. The molecule has 0 bridgehead atoms. The van der Waals surface area contributed by atoms with Gasteiger partial charge in [-0.15, -0.1) is 23.7 Å². The predicted octanol–water partition coefficient (Wildman–Crippen LogP) is 2.65. The van der Waals surface area contributed by atoms with Crippen LogP contribution < -0.4 is 0 Å². The molecule has 0 saturated carbocycles. The summed E-state index contributed by atoms with van der Waals surface area (Å²) >= 11 is 0. The summed E-state index contributed by atoms with van der Waals surface area (Å²) in [5, 5.41) is 0. The molecule has 0 aromatic rings. The Morgan fingerprint density at radius 1 is 0.909 bits per heavy atom. The molecule has 0 aliphatic heterocycles. The molecule has 0 radical (unpaired) electrons. The lowest BCUT2D eigenvalue weighted by molar-refractivity contribution is -0.124. The second kappa shape index (κ2) is 12.2. The standard InChI is InChI=1S/C16H23O5P/c1-5-7-9-13(3)15(17)11-20-22(19)21-12-16(18)14(4)10-8-6-2/h13-14,22H,9-12H2,1-4H3/t13-,14-/m0/s1. The maximum atomic E-state index is 11.7. The summed E-state index contributed by atoms with van der Waals surface area (Å²) in [4.78, 5) is 23.3. The molecular formula is C16H23O5P. The normalized spacial score (nSPS) is 12.6. The summed E-state index contributed by atoms with van der Waals surface area (Å²) in [6.07, 6.45) is 0.879. The molecule has 0 saturated heterocycles. The highest BCUT2D eigenvalue weighted by molar-refractivity contribution is 7.33. The molecule has 0 spiro atoms. The van der Waals surface area contributed by atoms with Crippen molar-refractivity contribution in [1.82, 2.24) is 0 Å². The molecule has 2 atom stereocenters. The van der Waals surface area contributed by atoms with E-state index in [-0.39, 0.29) is 36.6 Å². The Hall–Kier alpha value is -1.39. The van der Waals surface area contributed by atoms with E-state index in [1.54, 1.807) is 27.7 Å². The molecule has 0 amide bonds. The zero-order valence-corrected chi connectivity index (χ0v) is 14.5. The molecular weight excluding hydrogens is 303 g/mol. The predicted molar refractivity (Wildman–Crippen MR) is 85.4 cm³/mol. The minimum atomic E-state index is -2.85. The van der Waals surface area contributed by atoms with E-state index in [9.17, 15) is 14.2 Å². The van der Waals surface area contributed by atoms with E-state index >= 15 is 0 Å². The van der Waals surface area contributed by atoms with Crippen LogP contribution in [0.25, 0.3) is 0 Å². The molecule has 22 heavy (non-hydrogen) atoms. The van der Waals surface area contributed by atoms with E-state index < -0.39 is 8.25 Å². The molecule has 0 aliphatic carbocycles. The molecule has 0 aromatic heterocycles. The fourth-order valence-corrected chi connectivity index (χ4v) is 1.93. The summed E-state index contributed by atoms with van der Waals surface area (Å²) in [6, 6.07) is 0. The Labute approximate surface area is 133 Å². The van der Waals surface area contributed by atoms with Crippen LogP contribution in [0, 0.1) is 35.5 Å². The second-order valence-electron chi connectivity index (χ2n) is 4.82. The van der Waals surface area contributed by atoms with Crippen LogP contribution in [-0.2, 0) is 23.2 Å². The average molecular weight is 326 g/mol. The molecule has 5 nitrogen and oxygen atoms in total. The summed E-state index contributed by atoms with van der Waals surface area (Å²) in [5.74, 6) is 10.1. The summed E-state index contributed by atoms with van der Waals surface area (Å²) in [6.45, 7) is 6.27. The number of Topliss-reactive ketones (excluding diaryl/α,β-unsaturated/α-hetero) is 2. The molecule has 0 N–H and O–H groups in total. The third-order valence-electron chi connectivity index (χ3n) is 2.93. The Kier molecular flexibility index (Phi) is 11.4. The second-order valence-corrected chi connectivity index (χ2v) is 5.90. The zero-order valence-electron chi connectivity index (χ0n) is 13.5. The van der Waals surface area contributed by atoms with E-state index in [1.165, 1.54) is 0 Å². The Morgan fingerprint density at radius 2 is 1.27 bits per heavy atom. The molecule has 0 unspecified atom stereocenters. The summed E-state index contributed by atoms with van der Waals surface area (Å²) in [5.41, 5.74) is 0. The highest BCUT2D eigenvalue weighted by atomic mass is 31.1. The average Bonchev–Trinajstić information content (AvgIpc) is 2.52.